The smallest absolute Gasteiger partial charge is 0.243 e. The van der Waals surface area contributed by atoms with Gasteiger partial charge in [0, 0.05) is 37.5 Å². The third-order valence-corrected chi connectivity index (χ3v) is 5.60. The molecule has 0 aliphatic rings. The fraction of sp³-hybridized carbons (Fsp3) is 0.455. The van der Waals surface area contributed by atoms with E-state index in [4.69, 9.17) is 4.74 Å². The second-order valence-electron chi connectivity index (χ2n) is 7.68. The molecule has 0 radical (unpaired) electrons. The predicted octanol–water partition coefficient (Wildman–Crippen LogP) is 3.52. The van der Waals surface area contributed by atoms with Crippen LogP contribution in [0.1, 0.15) is 24.3 Å². The van der Waals surface area contributed by atoms with Crippen molar-refractivity contribution in [2.75, 3.05) is 40.8 Å². The van der Waals surface area contributed by atoms with E-state index in [1.54, 1.807) is 37.4 Å². The number of methoxy groups -OCH3 is 1. The number of likely N-dealkylation sites (N-methyl/N-ethyl adjacent to an activating group) is 1. The van der Waals surface area contributed by atoms with Crippen LogP contribution in [0.2, 0.25) is 0 Å². The van der Waals surface area contributed by atoms with Crippen LogP contribution in [0.3, 0.4) is 0 Å². The Hall–Kier alpha value is -1.81. The first-order valence-corrected chi connectivity index (χ1v) is 10.6. The quantitative estimate of drug-likeness (QED) is 0.288. The number of carbonyl (C=O) groups excluding carboxylic acids is 1. The maximum Gasteiger partial charge on any atom is 0.243 e. The lowest BCUT2D eigenvalue weighted by molar-refractivity contribution is -0.127. The van der Waals surface area contributed by atoms with Crippen LogP contribution >= 0.6 is 35.3 Å². The Balaban J connectivity index is 0.00000450. The van der Waals surface area contributed by atoms with Gasteiger partial charge in [0.1, 0.15) is 12.3 Å². The molecule has 0 bridgehead atoms. The zero-order valence-corrected chi connectivity index (χ0v) is 21.5. The molecule has 8 heteroatoms. The van der Waals surface area contributed by atoms with Crippen LogP contribution in [0.5, 0.6) is 5.75 Å². The highest BCUT2D eigenvalue weighted by atomic mass is 127. The van der Waals surface area contributed by atoms with Crippen LogP contribution < -0.4 is 15.4 Å². The van der Waals surface area contributed by atoms with Crippen molar-refractivity contribution in [3.05, 3.63) is 52.2 Å². The minimum Gasteiger partial charge on any atom is -0.497 e. The van der Waals surface area contributed by atoms with Crippen LogP contribution in [0.15, 0.2) is 46.8 Å². The summed E-state index contributed by atoms with van der Waals surface area (Å²) in [6, 6.07) is 12.3. The normalized spacial score (nSPS) is 11.4. The number of benzene rings is 1. The van der Waals surface area contributed by atoms with E-state index in [2.05, 4.69) is 59.1 Å². The van der Waals surface area contributed by atoms with Crippen LogP contribution in [0, 0.1) is 0 Å². The van der Waals surface area contributed by atoms with Crippen molar-refractivity contribution in [2.24, 2.45) is 4.99 Å². The van der Waals surface area contributed by atoms with Crippen molar-refractivity contribution >= 4 is 47.2 Å². The Morgan fingerprint density at radius 3 is 2.60 bits per heavy atom. The molecule has 0 atom stereocenters. The summed E-state index contributed by atoms with van der Waals surface area (Å²) in [4.78, 5) is 19.3. The van der Waals surface area contributed by atoms with E-state index in [0.717, 1.165) is 18.7 Å². The molecule has 6 nitrogen and oxygen atoms in total. The third-order valence-electron chi connectivity index (χ3n) is 4.66. The molecular formula is C22H33IN4O2S. The molecule has 0 spiro atoms. The Morgan fingerprint density at radius 2 is 1.97 bits per heavy atom. The SMILES string of the molecule is COc1cccc(C(C)(C)CNC(=NCC(=O)N(C)C)NCCc2cccs2)c1.I. The first-order chi connectivity index (χ1) is 13.8. The van der Waals surface area contributed by atoms with Gasteiger partial charge in [0.05, 0.1) is 7.11 Å². The number of carbonyl (C=O) groups is 1. The summed E-state index contributed by atoms with van der Waals surface area (Å²) in [6.07, 6.45) is 0.916. The Labute approximate surface area is 201 Å². The lowest BCUT2D eigenvalue weighted by Gasteiger charge is -2.27. The van der Waals surface area contributed by atoms with Gasteiger partial charge in [-0.15, -0.1) is 35.3 Å². The number of ether oxygens (including phenoxy) is 1. The van der Waals surface area contributed by atoms with Crippen molar-refractivity contribution < 1.29 is 9.53 Å². The van der Waals surface area contributed by atoms with Crippen molar-refractivity contribution in [3.8, 4) is 5.75 Å². The standard InChI is InChI=1S/C22H32N4O2S.HI/c1-22(2,17-8-6-9-18(14-17)28-5)16-25-21(24-15-20(27)26(3)4)23-12-11-19-10-7-13-29-19;/h6-10,13-14H,11-12,15-16H2,1-5H3,(H2,23,24,25);1H. The topological polar surface area (TPSA) is 66.0 Å². The molecule has 30 heavy (non-hydrogen) atoms. The summed E-state index contributed by atoms with van der Waals surface area (Å²) in [5.74, 6) is 1.46. The van der Waals surface area contributed by atoms with Gasteiger partial charge in [0.2, 0.25) is 5.91 Å². The summed E-state index contributed by atoms with van der Waals surface area (Å²) in [5, 5.41) is 8.83. The fourth-order valence-electron chi connectivity index (χ4n) is 2.67. The molecule has 0 saturated heterocycles. The number of halogens is 1. The number of hydrogen-bond acceptors (Lipinski definition) is 4. The number of thiophene rings is 1. The van der Waals surface area contributed by atoms with Crippen LogP contribution in [0.4, 0.5) is 0 Å². The van der Waals surface area contributed by atoms with Crippen LogP contribution in [0.25, 0.3) is 0 Å². The highest BCUT2D eigenvalue weighted by molar-refractivity contribution is 14.0. The second kappa shape index (κ2) is 12.8. The molecule has 1 aromatic heterocycles. The molecule has 1 heterocycles. The number of rotatable bonds is 9. The second-order valence-corrected chi connectivity index (χ2v) is 8.71. The highest BCUT2D eigenvalue weighted by Crippen LogP contribution is 2.25. The number of nitrogens with zero attached hydrogens (tertiary/aromatic N) is 2. The number of hydrogen-bond donors (Lipinski definition) is 2. The Morgan fingerprint density at radius 1 is 1.20 bits per heavy atom. The van der Waals surface area contributed by atoms with Crippen LogP contribution in [-0.4, -0.2) is 57.6 Å². The first kappa shape index (κ1) is 26.2. The molecular weight excluding hydrogens is 511 g/mol. The number of nitrogens with one attached hydrogen (secondary N) is 2. The van der Waals surface area contributed by atoms with Gasteiger partial charge in [0.25, 0.3) is 0 Å². The fourth-order valence-corrected chi connectivity index (χ4v) is 3.38. The van der Waals surface area contributed by atoms with Crippen molar-refractivity contribution in [3.63, 3.8) is 0 Å². The van der Waals surface area contributed by atoms with Gasteiger partial charge in [-0.05, 0) is 35.6 Å². The van der Waals surface area contributed by atoms with E-state index in [-0.39, 0.29) is 41.8 Å². The van der Waals surface area contributed by atoms with Gasteiger partial charge in [-0.2, -0.15) is 0 Å². The molecule has 2 rings (SSSR count). The van der Waals surface area contributed by atoms with E-state index >= 15 is 0 Å². The van der Waals surface area contributed by atoms with Crippen molar-refractivity contribution in [1.29, 1.82) is 0 Å². The van der Waals surface area contributed by atoms with Gasteiger partial charge in [-0.3, -0.25) is 4.79 Å². The summed E-state index contributed by atoms with van der Waals surface area (Å²) in [5.41, 5.74) is 1.03. The van der Waals surface area contributed by atoms with Gasteiger partial charge in [0.15, 0.2) is 5.96 Å². The van der Waals surface area contributed by atoms with Crippen molar-refractivity contribution in [1.82, 2.24) is 15.5 Å². The number of aliphatic imine (C=N–C) groups is 1. The Kier molecular flexibility index (Phi) is 11.2. The Bertz CT molecular complexity index is 807. The maximum atomic E-state index is 12.0. The minimum absolute atomic E-state index is 0. The third kappa shape index (κ3) is 8.51. The average Bonchev–Trinajstić information content (AvgIpc) is 3.22. The molecule has 2 N–H and O–H groups in total. The molecule has 1 aromatic carbocycles. The van der Waals surface area contributed by atoms with Gasteiger partial charge >= 0.3 is 0 Å². The number of guanidine groups is 1. The average molecular weight is 545 g/mol. The minimum atomic E-state index is -0.143. The molecule has 0 saturated carbocycles. The lowest BCUT2D eigenvalue weighted by Crippen LogP contribution is -2.44. The van der Waals surface area contributed by atoms with E-state index in [1.165, 1.54) is 10.4 Å². The lowest BCUT2D eigenvalue weighted by atomic mass is 9.84. The monoisotopic (exact) mass is 544 g/mol. The van der Waals surface area contributed by atoms with Crippen LogP contribution in [-0.2, 0) is 16.6 Å². The zero-order chi connectivity index (χ0) is 21.3. The summed E-state index contributed by atoms with van der Waals surface area (Å²) in [6.45, 7) is 5.87. The molecule has 1 amide bonds. The van der Waals surface area contributed by atoms with E-state index in [0.29, 0.717) is 12.5 Å². The largest absolute Gasteiger partial charge is 0.497 e. The van der Waals surface area contributed by atoms with Gasteiger partial charge < -0.3 is 20.3 Å². The van der Waals surface area contributed by atoms with E-state index < -0.39 is 0 Å². The van der Waals surface area contributed by atoms with Crippen molar-refractivity contribution in [2.45, 2.75) is 25.7 Å². The molecule has 0 fully saturated rings. The molecule has 0 aliphatic heterocycles. The van der Waals surface area contributed by atoms with E-state index in [1.807, 2.05) is 12.1 Å². The molecule has 0 unspecified atom stereocenters. The molecule has 2 aromatic rings. The summed E-state index contributed by atoms with van der Waals surface area (Å²) < 4.78 is 5.35. The summed E-state index contributed by atoms with van der Waals surface area (Å²) >= 11 is 1.74. The van der Waals surface area contributed by atoms with Gasteiger partial charge in [-0.1, -0.05) is 32.0 Å². The predicted molar refractivity (Wildman–Crippen MR) is 136 cm³/mol. The van der Waals surface area contributed by atoms with E-state index in [9.17, 15) is 4.79 Å². The summed E-state index contributed by atoms with van der Waals surface area (Å²) in [7, 11) is 5.15. The number of amides is 1. The molecule has 0 aliphatic carbocycles. The first-order valence-electron chi connectivity index (χ1n) is 9.71. The highest BCUT2D eigenvalue weighted by Gasteiger charge is 2.21. The maximum absolute atomic E-state index is 12.0. The molecule has 166 valence electrons. The zero-order valence-electron chi connectivity index (χ0n) is 18.4. The van der Waals surface area contributed by atoms with Gasteiger partial charge in [-0.25, -0.2) is 4.99 Å².